The van der Waals surface area contributed by atoms with E-state index < -0.39 is 5.97 Å². The third-order valence-electron chi connectivity index (χ3n) is 4.58. The van der Waals surface area contributed by atoms with E-state index in [2.05, 4.69) is 10.3 Å². The summed E-state index contributed by atoms with van der Waals surface area (Å²) in [5.41, 5.74) is 0.808. The van der Waals surface area contributed by atoms with Crippen LogP contribution in [0.4, 0.5) is 15.6 Å². The fourth-order valence-corrected chi connectivity index (χ4v) is 4.78. The molecular formula is C19H23N3O4S2. The third-order valence-corrected chi connectivity index (χ3v) is 6.67. The monoisotopic (exact) mass is 421 g/mol. The summed E-state index contributed by atoms with van der Waals surface area (Å²) in [6, 6.07) is 7.20. The Hall–Kier alpha value is -2.26. The largest absolute Gasteiger partial charge is 0.497 e. The Balaban J connectivity index is 1.71. The van der Waals surface area contributed by atoms with Crippen molar-refractivity contribution in [2.45, 2.75) is 29.9 Å². The van der Waals surface area contributed by atoms with Gasteiger partial charge in [-0.05, 0) is 43.0 Å². The lowest BCUT2D eigenvalue weighted by atomic mass is 10.1. The molecule has 0 aliphatic heterocycles. The zero-order valence-electron chi connectivity index (χ0n) is 15.6. The highest BCUT2D eigenvalue weighted by Gasteiger charge is 2.24. The molecule has 0 bridgehead atoms. The van der Waals surface area contributed by atoms with Gasteiger partial charge in [-0.3, -0.25) is 15.0 Å². The summed E-state index contributed by atoms with van der Waals surface area (Å²) < 4.78 is 5.96. The lowest BCUT2D eigenvalue weighted by Crippen LogP contribution is -2.38. The van der Waals surface area contributed by atoms with E-state index in [1.807, 2.05) is 24.3 Å². The summed E-state index contributed by atoms with van der Waals surface area (Å²) in [6.07, 6.45) is 6.27. The fraction of sp³-hybridized carbons (Fsp3) is 0.421. The Labute approximate surface area is 172 Å². The van der Waals surface area contributed by atoms with E-state index in [-0.39, 0.29) is 11.8 Å². The second kappa shape index (κ2) is 9.79. The van der Waals surface area contributed by atoms with Crippen molar-refractivity contribution >= 4 is 45.9 Å². The highest BCUT2D eigenvalue weighted by Crippen LogP contribution is 2.31. The number of nitrogens with one attached hydrogen (secondary N) is 1. The highest BCUT2D eigenvalue weighted by atomic mass is 32.2. The molecule has 0 radical (unpaired) electrons. The van der Waals surface area contributed by atoms with Gasteiger partial charge in [0.1, 0.15) is 5.75 Å². The van der Waals surface area contributed by atoms with Crippen LogP contribution in [0.15, 0.2) is 34.7 Å². The van der Waals surface area contributed by atoms with Crippen LogP contribution in [-0.4, -0.2) is 41.5 Å². The van der Waals surface area contributed by atoms with Gasteiger partial charge in [-0.2, -0.15) is 0 Å². The average Bonchev–Trinajstić information content (AvgIpc) is 3.36. The number of carbonyl (C=O) groups is 2. The van der Waals surface area contributed by atoms with Crippen molar-refractivity contribution < 1.29 is 19.4 Å². The highest BCUT2D eigenvalue weighted by molar-refractivity contribution is 8.01. The maximum Gasteiger partial charge on any atom is 0.328 e. The summed E-state index contributed by atoms with van der Waals surface area (Å²) in [5, 5.41) is 12.1. The molecule has 0 atom stereocenters. The van der Waals surface area contributed by atoms with Crippen LogP contribution >= 0.6 is 23.1 Å². The van der Waals surface area contributed by atoms with Crippen molar-refractivity contribution in [3.63, 3.8) is 0 Å². The number of hydrogen-bond donors (Lipinski definition) is 2. The van der Waals surface area contributed by atoms with E-state index in [0.29, 0.717) is 17.6 Å². The lowest BCUT2D eigenvalue weighted by molar-refractivity contribution is -0.133. The number of rotatable bonds is 8. The van der Waals surface area contributed by atoms with Crippen LogP contribution < -0.4 is 15.0 Å². The second-order valence-electron chi connectivity index (χ2n) is 6.56. The van der Waals surface area contributed by atoms with Crippen molar-refractivity contribution in [1.29, 1.82) is 0 Å². The first-order valence-electron chi connectivity index (χ1n) is 9.08. The first-order valence-corrected chi connectivity index (χ1v) is 10.9. The summed E-state index contributed by atoms with van der Waals surface area (Å²) >= 11 is 2.46. The molecule has 2 amide bonds. The van der Waals surface area contributed by atoms with Gasteiger partial charge >= 0.3 is 12.0 Å². The molecule has 9 heteroatoms. The average molecular weight is 422 g/mol. The van der Waals surface area contributed by atoms with Crippen molar-refractivity contribution in [2.24, 2.45) is 5.92 Å². The topological polar surface area (TPSA) is 91.8 Å². The number of aliphatic carboxylic acids is 1. The van der Waals surface area contributed by atoms with Gasteiger partial charge in [0.05, 0.1) is 23.3 Å². The van der Waals surface area contributed by atoms with Crippen molar-refractivity contribution in [2.75, 3.05) is 29.6 Å². The van der Waals surface area contributed by atoms with Gasteiger partial charge < -0.3 is 9.84 Å². The predicted octanol–water partition coefficient (Wildman–Crippen LogP) is 4.56. The van der Waals surface area contributed by atoms with E-state index in [9.17, 15) is 9.59 Å². The molecule has 0 spiro atoms. The summed E-state index contributed by atoms with van der Waals surface area (Å²) in [5.74, 6) is 0.317. The SMILES string of the molecule is COc1ccc(N(CC2CCCC2)C(=O)Nc2ncc(SCC(=O)O)s2)cc1. The predicted molar refractivity (Wildman–Crippen MR) is 112 cm³/mol. The van der Waals surface area contributed by atoms with Gasteiger partial charge in [0, 0.05) is 12.2 Å². The molecule has 1 aromatic heterocycles. The number of carboxylic acids is 1. The molecule has 1 aliphatic carbocycles. The summed E-state index contributed by atoms with van der Waals surface area (Å²) in [4.78, 5) is 29.6. The minimum atomic E-state index is -0.883. The number of thiazole rings is 1. The number of carbonyl (C=O) groups excluding carboxylic acids is 1. The van der Waals surface area contributed by atoms with Crippen molar-refractivity contribution in [3.05, 3.63) is 30.5 Å². The number of benzene rings is 1. The van der Waals surface area contributed by atoms with Crippen LogP contribution in [0.2, 0.25) is 0 Å². The Morgan fingerprint density at radius 3 is 2.68 bits per heavy atom. The van der Waals surface area contributed by atoms with Crippen LogP contribution in [0.3, 0.4) is 0 Å². The van der Waals surface area contributed by atoms with Crippen molar-refractivity contribution in [3.8, 4) is 5.75 Å². The van der Waals surface area contributed by atoms with Gasteiger partial charge in [0.15, 0.2) is 5.13 Å². The van der Waals surface area contributed by atoms with Gasteiger partial charge in [0.25, 0.3) is 0 Å². The molecule has 28 heavy (non-hydrogen) atoms. The first-order chi connectivity index (χ1) is 13.5. The van der Waals surface area contributed by atoms with Gasteiger partial charge in [-0.25, -0.2) is 9.78 Å². The number of amides is 2. The normalized spacial score (nSPS) is 14.0. The third kappa shape index (κ3) is 5.62. The van der Waals surface area contributed by atoms with E-state index in [0.717, 1.165) is 28.5 Å². The number of aromatic nitrogens is 1. The molecule has 150 valence electrons. The molecule has 2 aromatic rings. The molecular weight excluding hydrogens is 398 g/mol. The van der Waals surface area contributed by atoms with Crippen LogP contribution in [0.1, 0.15) is 25.7 Å². The summed E-state index contributed by atoms with van der Waals surface area (Å²) in [6.45, 7) is 0.657. The van der Waals surface area contributed by atoms with Gasteiger partial charge in [-0.15, -0.1) is 11.8 Å². The maximum atomic E-state index is 13.0. The standard InChI is InChI=1S/C19H23N3O4S2/c1-26-15-8-6-14(7-9-15)22(11-13-4-2-3-5-13)19(25)21-18-20-10-17(28-18)27-12-16(23)24/h6-10,13H,2-5,11-12H2,1H3,(H,23,24)(H,20,21,25). The lowest BCUT2D eigenvalue weighted by Gasteiger charge is -2.26. The molecule has 7 nitrogen and oxygen atoms in total. The number of thioether (sulfide) groups is 1. The molecule has 1 saturated carbocycles. The van der Waals surface area contributed by atoms with E-state index in [1.54, 1.807) is 18.2 Å². The van der Waals surface area contributed by atoms with Crippen LogP contribution in [0.25, 0.3) is 0 Å². The van der Waals surface area contributed by atoms with E-state index in [1.165, 1.54) is 35.9 Å². The Bertz CT molecular complexity index is 804. The first kappa shape index (κ1) is 20.5. The molecule has 1 heterocycles. The van der Waals surface area contributed by atoms with Crippen LogP contribution in [-0.2, 0) is 4.79 Å². The Kier molecular flexibility index (Phi) is 7.16. The van der Waals surface area contributed by atoms with Gasteiger partial charge in [0.2, 0.25) is 0 Å². The maximum absolute atomic E-state index is 13.0. The minimum Gasteiger partial charge on any atom is -0.497 e. The van der Waals surface area contributed by atoms with Gasteiger partial charge in [-0.1, -0.05) is 24.2 Å². The molecule has 0 unspecified atom stereocenters. The number of methoxy groups -OCH3 is 1. The number of anilines is 2. The van der Waals surface area contributed by atoms with E-state index in [4.69, 9.17) is 9.84 Å². The zero-order chi connectivity index (χ0) is 19.9. The number of urea groups is 1. The molecule has 1 aliphatic rings. The second-order valence-corrected chi connectivity index (χ2v) is 8.86. The molecule has 3 rings (SSSR count). The fourth-order valence-electron chi connectivity index (χ4n) is 3.19. The number of hydrogen-bond acceptors (Lipinski definition) is 6. The minimum absolute atomic E-state index is 0.0325. The smallest absolute Gasteiger partial charge is 0.328 e. The quantitative estimate of drug-likeness (QED) is 0.607. The number of ether oxygens (including phenoxy) is 1. The molecule has 2 N–H and O–H groups in total. The summed E-state index contributed by atoms with van der Waals surface area (Å²) in [7, 11) is 1.61. The van der Waals surface area contributed by atoms with Crippen molar-refractivity contribution in [1.82, 2.24) is 4.98 Å². The zero-order valence-corrected chi connectivity index (χ0v) is 17.2. The Morgan fingerprint density at radius 2 is 2.04 bits per heavy atom. The molecule has 1 aromatic carbocycles. The van der Waals surface area contributed by atoms with Crippen LogP contribution in [0, 0.1) is 5.92 Å². The molecule has 0 saturated heterocycles. The number of carboxylic acid groups (broad SMARTS) is 1. The number of nitrogens with zero attached hydrogens (tertiary/aromatic N) is 2. The van der Waals surface area contributed by atoms with Crippen LogP contribution in [0.5, 0.6) is 5.75 Å². The molecule has 1 fully saturated rings. The van der Waals surface area contributed by atoms with E-state index >= 15 is 0 Å². The Morgan fingerprint density at radius 1 is 1.32 bits per heavy atom.